The summed E-state index contributed by atoms with van der Waals surface area (Å²) < 4.78 is 10.2. The number of carboxylic acids is 4. The quantitative estimate of drug-likeness (QED) is 0.00872. The van der Waals surface area contributed by atoms with Crippen LogP contribution in [0.1, 0.15) is 171 Å². The summed E-state index contributed by atoms with van der Waals surface area (Å²) in [6.07, 6.45) is 21.7. The van der Waals surface area contributed by atoms with Crippen LogP contribution in [0.4, 0.5) is 0 Å². The fraction of sp³-hybridized carbons (Fsp3) is 0.795. The van der Waals surface area contributed by atoms with Crippen molar-refractivity contribution >= 4 is 97.4 Å². The van der Waals surface area contributed by atoms with Crippen LogP contribution in [-0.2, 0) is 28.7 Å². The van der Waals surface area contributed by atoms with E-state index in [-0.39, 0.29) is 66.6 Å². The number of hydrogen-bond acceptors (Lipinski definition) is 9. The van der Waals surface area contributed by atoms with Gasteiger partial charge in [-0.3, -0.25) is 0 Å². The van der Waals surface area contributed by atoms with E-state index in [0.29, 0.717) is 24.7 Å². The van der Waals surface area contributed by atoms with Gasteiger partial charge in [0.05, 0.1) is 6.61 Å². The summed E-state index contributed by atoms with van der Waals surface area (Å²) in [6.45, 7) is 17.6. The molecule has 0 aliphatic heterocycles. The van der Waals surface area contributed by atoms with Gasteiger partial charge in [-0.2, -0.15) is 25.3 Å². The molecule has 0 rings (SSSR count). The number of carbonyl (C=O) groups is 5. The van der Waals surface area contributed by atoms with E-state index < -0.39 is 34.4 Å². The Morgan fingerprint density at radius 2 is 0.864 bits per heavy atom. The zero-order chi connectivity index (χ0) is 46.3. The molecule has 15 heteroatoms. The molecule has 0 aromatic heterocycles. The number of unbranched alkanes of at least 4 members (excludes halogenated alkanes) is 8. The maximum atomic E-state index is 10.7. The fourth-order valence-electron chi connectivity index (χ4n) is 4.55. The van der Waals surface area contributed by atoms with Crippen LogP contribution in [0.3, 0.4) is 0 Å². The van der Waals surface area contributed by atoms with Crippen molar-refractivity contribution in [1.29, 1.82) is 0 Å². The van der Waals surface area contributed by atoms with E-state index in [4.69, 9.17) is 25.5 Å². The Kier molecular flexibility index (Phi) is 60.6. The number of thiol groups is 2. The Morgan fingerprint density at radius 1 is 0.542 bits per heavy atom. The van der Waals surface area contributed by atoms with Crippen LogP contribution in [0, 0.1) is 11.8 Å². The number of hydrogen-bond donors (Lipinski definition) is 7. The number of aliphatic hydroxyl groups excluding tert-OH is 1. The molecule has 5 N–H and O–H groups in total. The molecule has 0 bridgehead atoms. The second-order valence-corrected chi connectivity index (χ2v) is 24.8. The van der Waals surface area contributed by atoms with E-state index >= 15 is 0 Å². The normalized spacial score (nSPS) is 10.9. The number of carboxylic acid groups (broad SMARTS) is 4. The first-order chi connectivity index (χ1) is 27.9. The number of aliphatic hydroxyl groups is 1. The first-order valence-electron chi connectivity index (χ1n) is 21.8. The third kappa shape index (κ3) is 66.4. The minimum absolute atomic E-state index is 0.0104. The molecule has 0 spiro atoms. The number of carbonyl (C=O) groups excluding carboxylic acids is 1. The molecule has 0 amide bonds. The summed E-state index contributed by atoms with van der Waals surface area (Å²) in [5.74, 6) is -3.87. The van der Waals surface area contributed by atoms with Crippen molar-refractivity contribution in [3.8, 4) is 0 Å². The third-order valence-electron chi connectivity index (χ3n) is 7.97. The topological polar surface area (TPSA) is 196 Å². The number of aliphatic carboxylic acids is 4. The zero-order valence-electron chi connectivity index (χ0n) is 37.9. The first-order valence-corrected chi connectivity index (χ1v) is 30.9. The average Bonchev–Trinajstić information content (AvgIpc) is 3.16. The van der Waals surface area contributed by atoms with Crippen LogP contribution in [0.5, 0.6) is 0 Å². The summed E-state index contributed by atoms with van der Waals surface area (Å²) in [6, 6.07) is 0. The molecule has 0 saturated heterocycles. The molecule has 59 heavy (non-hydrogen) atoms. The van der Waals surface area contributed by atoms with Crippen LogP contribution in [0.15, 0.2) is 23.3 Å². The number of ether oxygens (including phenoxy) is 1. The molecule has 0 aliphatic rings. The van der Waals surface area contributed by atoms with Crippen LogP contribution < -0.4 is 0 Å². The van der Waals surface area contributed by atoms with Gasteiger partial charge in [-0.25, -0.2) is 24.0 Å². The van der Waals surface area contributed by atoms with Crippen molar-refractivity contribution < 1.29 is 54.2 Å². The smallest absolute Gasteiger partial charge is 0.328 e. The molecule has 0 atom stereocenters. The molecule has 0 fully saturated rings. The van der Waals surface area contributed by atoms with Gasteiger partial charge in [-0.05, 0) is 37.5 Å². The Bertz CT molecular complexity index is 987. The van der Waals surface area contributed by atoms with Gasteiger partial charge in [0.15, 0.2) is 0 Å². The van der Waals surface area contributed by atoms with Gasteiger partial charge in [0.2, 0.25) is 0 Å². The van der Waals surface area contributed by atoms with Crippen molar-refractivity contribution in [2.75, 3.05) is 13.2 Å². The molecule has 0 saturated carbocycles. The van der Waals surface area contributed by atoms with Gasteiger partial charge in [0, 0.05) is 23.3 Å². The van der Waals surface area contributed by atoms with Gasteiger partial charge in [0.25, 0.3) is 0 Å². The summed E-state index contributed by atoms with van der Waals surface area (Å²) >= 11 is 7.65. The van der Waals surface area contributed by atoms with Crippen molar-refractivity contribution in [3.05, 3.63) is 23.3 Å². The number of rotatable bonds is 31. The van der Waals surface area contributed by atoms with E-state index in [1.54, 1.807) is 17.7 Å². The van der Waals surface area contributed by atoms with E-state index in [1.807, 2.05) is 0 Å². The average molecular weight is 1090 g/mol. The van der Waals surface area contributed by atoms with Crippen LogP contribution in [0.25, 0.3) is 0 Å². The van der Waals surface area contributed by atoms with E-state index in [0.717, 1.165) is 63.5 Å². The Labute approximate surface area is 390 Å². The van der Waals surface area contributed by atoms with Crippen LogP contribution >= 0.6 is 25.3 Å². The molecule has 0 unspecified atom stereocenters. The Morgan fingerprint density at radius 3 is 1.08 bits per heavy atom. The second-order valence-electron chi connectivity index (χ2n) is 14.8. The fourth-order valence-corrected chi connectivity index (χ4v) is 13.0. The van der Waals surface area contributed by atoms with E-state index in [2.05, 4.69) is 85.4 Å². The van der Waals surface area contributed by atoms with Crippen molar-refractivity contribution in [2.45, 2.75) is 193 Å². The molecule has 346 valence electrons. The number of esters is 1. The van der Waals surface area contributed by atoms with E-state index in [1.165, 1.54) is 51.4 Å². The molecular formula is C44H84O11S2Sn2. The standard InChI is InChI=1S/2C12H20O4.C4H8O3S2.4C4H9.2Sn/c2*1-9(2)6-4-3-5-7-10(12(15)16)8-11(13)14;5-1-2-7-3(6)4(8)9;4*1-3-4-2;;/h2*8-9H,3-7H2,1-2H3,(H,13,14)(H,15,16);4-5,8-9H,1-2H2;4*1,3-4H2,2H3;;/b2*10-8-;;;;;;;. The molecular weight excluding hydrogens is 1010 g/mol. The molecule has 0 aliphatic carbocycles. The van der Waals surface area contributed by atoms with Crippen molar-refractivity contribution in [1.82, 2.24) is 0 Å². The molecule has 11 nitrogen and oxygen atoms in total. The third-order valence-corrected chi connectivity index (χ3v) is 16.5. The molecule has 0 heterocycles. The first kappa shape index (κ1) is 67.2. The maximum Gasteiger partial charge on any atom is 0.328 e. The molecule has 0 aromatic rings. The predicted octanol–water partition coefficient (Wildman–Crippen LogP) is 11.3. The van der Waals surface area contributed by atoms with Gasteiger partial charge in [-0.1, -0.05) is 66.2 Å². The minimum atomic E-state index is -1.19. The monoisotopic (exact) mass is 1090 g/mol. The maximum absolute atomic E-state index is 10.7. The van der Waals surface area contributed by atoms with E-state index in [9.17, 15) is 24.0 Å². The Hall–Kier alpha value is -0.913. The molecule has 4 radical (unpaired) electrons. The van der Waals surface area contributed by atoms with Gasteiger partial charge in [-0.15, -0.1) is 0 Å². The summed E-state index contributed by atoms with van der Waals surface area (Å²) in [7, 11) is 0. The van der Waals surface area contributed by atoms with Crippen molar-refractivity contribution in [2.24, 2.45) is 11.8 Å². The van der Waals surface area contributed by atoms with Gasteiger partial charge < -0.3 is 30.3 Å². The summed E-state index contributed by atoms with van der Waals surface area (Å²) in [5.41, 5.74) is -0.0332. The van der Waals surface area contributed by atoms with Crippen LogP contribution in [0.2, 0.25) is 17.7 Å². The predicted molar refractivity (Wildman–Crippen MR) is 253 cm³/mol. The van der Waals surface area contributed by atoms with Crippen LogP contribution in [-0.4, -0.2) is 115 Å². The minimum Gasteiger partial charge on any atom is -0.462 e. The summed E-state index contributed by atoms with van der Waals surface area (Å²) in [5, 5.41) is 42.6. The van der Waals surface area contributed by atoms with Gasteiger partial charge in [0.1, 0.15) is 11.2 Å². The molecule has 0 aromatic carbocycles. The SMILES string of the molecule is CC(C)CCCCC/C(=C/C(=O)O)C(=O)O.CC(C)CCCCC/C(=C/C(=O)O)C(=O)O.CCC[CH2][Sn][CH2]CCC.CCC[CH2][Sn][CH2]CCC.O=C(OCCO)C(S)S. The Balaban J connectivity index is -0.000000212. The van der Waals surface area contributed by atoms with Gasteiger partial charge >= 0.3 is 169 Å². The largest absolute Gasteiger partial charge is 0.462 e. The zero-order valence-corrected chi connectivity index (χ0v) is 45.4. The van der Waals surface area contributed by atoms with Crippen molar-refractivity contribution in [3.63, 3.8) is 0 Å². The second kappa shape index (κ2) is 53.2. The summed E-state index contributed by atoms with van der Waals surface area (Å²) in [4.78, 5) is 52.5.